The van der Waals surface area contributed by atoms with Gasteiger partial charge in [-0.1, -0.05) is 23.7 Å². The summed E-state index contributed by atoms with van der Waals surface area (Å²) in [5.74, 6) is 0.123. The summed E-state index contributed by atoms with van der Waals surface area (Å²) in [5.41, 5.74) is 1.05. The number of morpholine rings is 1. The van der Waals surface area contributed by atoms with Gasteiger partial charge in [-0.05, 0) is 31.5 Å². The van der Waals surface area contributed by atoms with Gasteiger partial charge in [0.1, 0.15) is 6.10 Å². The van der Waals surface area contributed by atoms with Crippen molar-refractivity contribution in [3.05, 3.63) is 34.9 Å². The van der Waals surface area contributed by atoms with Crippen LogP contribution < -0.4 is 0 Å². The monoisotopic (exact) mass is 311 g/mol. The molecule has 0 aliphatic carbocycles. The van der Waals surface area contributed by atoms with Crippen LogP contribution in [-0.2, 0) is 14.3 Å². The first-order valence-corrected chi connectivity index (χ1v) is 7.70. The van der Waals surface area contributed by atoms with E-state index in [-0.39, 0.29) is 18.1 Å². The third-order valence-electron chi connectivity index (χ3n) is 3.43. The van der Waals surface area contributed by atoms with Gasteiger partial charge in [0.05, 0.1) is 32.3 Å². The van der Waals surface area contributed by atoms with Crippen LogP contribution >= 0.6 is 11.6 Å². The van der Waals surface area contributed by atoms with Crippen molar-refractivity contribution in [3.63, 3.8) is 0 Å². The number of amides is 1. The molecule has 1 aliphatic rings. The fourth-order valence-electron chi connectivity index (χ4n) is 2.29. The van der Waals surface area contributed by atoms with E-state index >= 15 is 0 Å². The zero-order valence-electron chi connectivity index (χ0n) is 12.5. The Bertz CT molecular complexity index is 461. The van der Waals surface area contributed by atoms with Crippen molar-refractivity contribution < 1.29 is 14.3 Å². The summed E-state index contributed by atoms with van der Waals surface area (Å²) in [6.07, 6.45) is 0.501. The number of hydrogen-bond donors (Lipinski definition) is 0. The van der Waals surface area contributed by atoms with Crippen LogP contribution in [0.4, 0.5) is 0 Å². The summed E-state index contributed by atoms with van der Waals surface area (Å²) >= 11 is 5.89. The zero-order valence-corrected chi connectivity index (χ0v) is 13.3. The lowest BCUT2D eigenvalue weighted by Gasteiger charge is -2.33. The molecule has 0 N–H and O–H groups in total. The van der Waals surface area contributed by atoms with Gasteiger partial charge < -0.3 is 14.4 Å². The van der Waals surface area contributed by atoms with E-state index in [1.807, 2.05) is 43.0 Å². The molecule has 1 fully saturated rings. The Morgan fingerprint density at radius 3 is 2.81 bits per heavy atom. The Kier molecular flexibility index (Phi) is 6.03. The number of rotatable bonds is 5. The number of hydrogen-bond acceptors (Lipinski definition) is 3. The van der Waals surface area contributed by atoms with Crippen LogP contribution in [0, 0.1) is 0 Å². The Labute approximate surface area is 131 Å². The van der Waals surface area contributed by atoms with Gasteiger partial charge in [0.2, 0.25) is 5.91 Å². The number of ether oxygens (including phenoxy) is 2. The molecule has 0 bridgehead atoms. The summed E-state index contributed by atoms with van der Waals surface area (Å²) in [7, 11) is 0. The molecule has 0 aromatic heterocycles. The molecule has 1 saturated heterocycles. The van der Waals surface area contributed by atoms with Gasteiger partial charge in [-0.2, -0.15) is 0 Å². The molecule has 1 amide bonds. The third kappa shape index (κ3) is 4.99. The molecule has 2 rings (SSSR count). The van der Waals surface area contributed by atoms with Crippen molar-refractivity contribution in [1.29, 1.82) is 0 Å². The normalized spacial score (nSPS) is 19.0. The van der Waals surface area contributed by atoms with Gasteiger partial charge in [0.25, 0.3) is 0 Å². The number of nitrogens with zero attached hydrogens (tertiary/aromatic N) is 1. The lowest BCUT2D eigenvalue weighted by Crippen LogP contribution is -2.42. The molecule has 1 aliphatic heterocycles. The number of benzene rings is 1. The molecule has 1 unspecified atom stereocenters. The highest BCUT2D eigenvalue weighted by Gasteiger charge is 2.25. The molecule has 1 heterocycles. The topological polar surface area (TPSA) is 38.8 Å². The SMILES string of the molecule is CC(C)OCCC(=O)N1CCOC(c2ccc(Cl)cc2)C1. The minimum atomic E-state index is -0.0778. The Hall–Kier alpha value is -1.10. The quantitative estimate of drug-likeness (QED) is 0.839. The summed E-state index contributed by atoms with van der Waals surface area (Å²) in [5, 5.41) is 0.702. The summed E-state index contributed by atoms with van der Waals surface area (Å²) in [4.78, 5) is 14.0. The molecule has 1 aromatic rings. The number of carbonyl (C=O) groups is 1. The fraction of sp³-hybridized carbons (Fsp3) is 0.562. The second-order valence-corrected chi connectivity index (χ2v) is 5.86. The molecule has 4 nitrogen and oxygen atoms in total. The lowest BCUT2D eigenvalue weighted by molar-refractivity contribution is -0.140. The number of halogens is 1. The van der Waals surface area contributed by atoms with Gasteiger partial charge >= 0.3 is 0 Å². The molecule has 1 atom stereocenters. The average Bonchev–Trinajstić information content (AvgIpc) is 2.47. The highest BCUT2D eigenvalue weighted by Crippen LogP contribution is 2.24. The largest absolute Gasteiger partial charge is 0.378 e. The first-order valence-electron chi connectivity index (χ1n) is 7.32. The van der Waals surface area contributed by atoms with Crippen LogP contribution in [0.1, 0.15) is 31.9 Å². The Morgan fingerprint density at radius 1 is 1.43 bits per heavy atom. The van der Waals surface area contributed by atoms with Crippen LogP contribution in [-0.4, -0.2) is 43.2 Å². The molecular formula is C16H22ClNO3. The first-order chi connectivity index (χ1) is 10.1. The van der Waals surface area contributed by atoms with Crippen LogP contribution in [0.5, 0.6) is 0 Å². The zero-order chi connectivity index (χ0) is 15.2. The van der Waals surface area contributed by atoms with Gasteiger partial charge in [0, 0.05) is 11.6 Å². The van der Waals surface area contributed by atoms with Crippen molar-refractivity contribution in [1.82, 2.24) is 4.90 Å². The van der Waals surface area contributed by atoms with Crippen molar-refractivity contribution in [2.24, 2.45) is 0 Å². The smallest absolute Gasteiger partial charge is 0.225 e. The molecular weight excluding hydrogens is 290 g/mol. The van der Waals surface area contributed by atoms with Crippen molar-refractivity contribution in [2.45, 2.75) is 32.5 Å². The van der Waals surface area contributed by atoms with Gasteiger partial charge in [0.15, 0.2) is 0 Å². The summed E-state index contributed by atoms with van der Waals surface area (Å²) in [6.45, 7) is 6.20. The van der Waals surface area contributed by atoms with Crippen LogP contribution in [0.25, 0.3) is 0 Å². The molecule has 0 saturated carbocycles. The van der Waals surface area contributed by atoms with Crippen LogP contribution in [0.3, 0.4) is 0 Å². The molecule has 0 radical (unpaired) electrons. The molecule has 0 spiro atoms. The van der Waals surface area contributed by atoms with Crippen LogP contribution in [0.2, 0.25) is 5.02 Å². The van der Waals surface area contributed by atoms with Gasteiger partial charge in [-0.15, -0.1) is 0 Å². The maximum absolute atomic E-state index is 12.2. The van der Waals surface area contributed by atoms with E-state index < -0.39 is 0 Å². The Morgan fingerprint density at radius 2 is 2.14 bits per heavy atom. The highest BCUT2D eigenvalue weighted by molar-refractivity contribution is 6.30. The minimum Gasteiger partial charge on any atom is -0.378 e. The second-order valence-electron chi connectivity index (χ2n) is 5.42. The van der Waals surface area contributed by atoms with E-state index in [4.69, 9.17) is 21.1 Å². The van der Waals surface area contributed by atoms with E-state index in [0.29, 0.717) is 37.7 Å². The predicted molar refractivity (Wildman–Crippen MR) is 82.4 cm³/mol. The van der Waals surface area contributed by atoms with E-state index in [1.54, 1.807) is 0 Å². The number of carbonyl (C=O) groups excluding carboxylic acids is 1. The molecule has 1 aromatic carbocycles. The fourth-order valence-corrected chi connectivity index (χ4v) is 2.42. The molecule has 21 heavy (non-hydrogen) atoms. The third-order valence-corrected chi connectivity index (χ3v) is 3.68. The van der Waals surface area contributed by atoms with Gasteiger partial charge in [-0.3, -0.25) is 4.79 Å². The molecule has 116 valence electrons. The molecule has 5 heteroatoms. The van der Waals surface area contributed by atoms with Crippen LogP contribution in [0.15, 0.2) is 24.3 Å². The van der Waals surface area contributed by atoms with Crippen molar-refractivity contribution >= 4 is 17.5 Å². The van der Waals surface area contributed by atoms with Gasteiger partial charge in [-0.25, -0.2) is 0 Å². The van der Waals surface area contributed by atoms with E-state index in [1.165, 1.54) is 0 Å². The van der Waals surface area contributed by atoms with E-state index in [9.17, 15) is 4.79 Å². The van der Waals surface area contributed by atoms with Crippen molar-refractivity contribution in [2.75, 3.05) is 26.3 Å². The lowest BCUT2D eigenvalue weighted by atomic mass is 10.1. The predicted octanol–water partition coefficient (Wildman–Crippen LogP) is 3.06. The standard InChI is InChI=1S/C16H22ClNO3/c1-12(2)20-9-7-16(19)18-8-10-21-15(11-18)13-3-5-14(17)6-4-13/h3-6,12,15H,7-11H2,1-2H3. The maximum atomic E-state index is 12.2. The summed E-state index contributed by atoms with van der Waals surface area (Å²) < 4.78 is 11.2. The van der Waals surface area contributed by atoms with E-state index in [0.717, 1.165) is 5.56 Å². The Balaban J connectivity index is 1.88. The maximum Gasteiger partial charge on any atom is 0.225 e. The average molecular weight is 312 g/mol. The first kappa shape index (κ1) is 16.3. The summed E-state index contributed by atoms with van der Waals surface area (Å²) in [6, 6.07) is 7.58. The second kappa shape index (κ2) is 7.78. The highest BCUT2D eigenvalue weighted by atomic mass is 35.5. The van der Waals surface area contributed by atoms with E-state index in [2.05, 4.69) is 0 Å². The minimum absolute atomic E-state index is 0.0778. The van der Waals surface area contributed by atoms with Crippen molar-refractivity contribution in [3.8, 4) is 0 Å².